The molecule has 0 fully saturated rings. The zero-order chi connectivity index (χ0) is 10.5. The van der Waals surface area contributed by atoms with Crippen molar-refractivity contribution < 1.29 is 14.3 Å². The lowest BCUT2D eigenvalue weighted by Crippen LogP contribution is -2.02. The third-order valence-electron chi connectivity index (χ3n) is 2.29. The molecule has 1 aromatic carbocycles. The average molecular weight is 206 g/mol. The standard InChI is InChI=1S/C12H14O3/c13-5-8-14-6-3-10-1-2-12-11(9-10)4-7-15-12/h1-2,4,7,9,13H,3,5-6,8H2. The van der Waals surface area contributed by atoms with Crippen LogP contribution in [-0.2, 0) is 11.2 Å². The Morgan fingerprint density at radius 1 is 1.20 bits per heavy atom. The number of ether oxygens (including phenoxy) is 1. The molecule has 1 aromatic heterocycles. The highest BCUT2D eigenvalue weighted by molar-refractivity contribution is 5.77. The minimum Gasteiger partial charge on any atom is -0.464 e. The third-order valence-corrected chi connectivity index (χ3v) is 2.29. The van der Waals surface area contributed by atoms with Crippen molar-refractivity contribution >= 4 is 11.0 Å². The van der Waals surface area contributed by atoms with E-state index in [1.807, 2.05) is 18.2 Å². The predicted octanol–water partition coefficient (Wildman–Crippen LogP) is 1.98. The molecule has 0 saturated carbocycles. The second-order valence-electron chi connectivity index (χ2n) is 3.38. The number of hydrogen-bond acceptors (Lipinski definition) is 3. The van der Waals surface area contributed by atoms with Gasteiger partial charge in [0.2, 0.25) is 0 Å². The molecule has 2 aromatic rings. The maximum atomic E-state index is 8.54. The summed E-state index contributed by atoms with van der Waals surface area (Å²) >= 11 is 0. The number of fused-ring (bicyclic) bond motifs is 1. The van der Waals surface area contributed by atoms with Gasteiger partial charge in [-0.1, -0.05) is 6.07 Å². The van der Waals surface area contributed by atoms with Crippen LogP contribution in [0.2, 0.25) is 0 Å². The molecule has 0 aliphatic rings. The van der Waals surface area contributed by atoms with Crippen molar-refractivity contribution in [2.45, 2.75) is 6.42 Å². The topological polar surface area (TPSA) is 42.6 Å². The van der Waals surface area contributed by atoms with Gasteiger partial charge in [0.25, 0.3) is 0 Å². The van der Waals surface area contributed by atoms with E-state index in [1.165, 1.54) is 5.56 Å². The summed E-state index contributed by atoms with van der Waals surface area (Å²) in [5.74, 6) is 0. The smallest absolute Gasteiger partial charge is 0.133 e. The van der Waals surface area contributed by atoms with E-state index in [4.69, 9.17) is 14.3 Å². The van der Waals surface area contributed by atoms with Gasteiger partial charge in [-0.3, -0.25) is 0 Å². The second-order valence-corrected chi connectivity index (χ2v) is 3.38. The van der Waals surface area contributed by atoms with Crippen LogP contribution in [-0.4, -0.2) is 24.9 Å². The number of furan rings is 1. The Bertz CT molecular complexity index is 419. The van der Waals surface area contributed by atoms with Crippen LogP contribution >= 0.6 is 0 Å². The van der Waals surface area contributed by atoms with E-state index in [1.54, 1.807) is 6.26 Å². The van der Waals surface area contributed by atoms with Crippen LogP contribution in [0, 0.1) is 0 Å². The highest BCUT2D eigenvalue weighted by Crippen LogP contribution is 2.17. The van der Waals surface area contributed by atoms with E-state index in [9.17, 15) is 0 Å². The molecule has 1 N–H and O–H groups in total. The van der Waals surface area contributed by atoms with Crippen molar-refractivity contribution in [3.63, 3.8) is 0 Å². The van der Waals surface area contributed by atoms with Crippen molar-refractivity contribution in [3.05, 3.63) is 36.1 Å². The molecule has 15 heavy (non-hydrogen) atoms. The lowest BCUT2D eigenvalue weighted by molar-refractivity contribution is 0.0944. The van der Waals surface area contributed by atoms with Crippen molar-refractivity contribution in [3.8, 4) is 0 Å². The molecule has 1 heterocycles. The lowest BCUT2D eigenvalue weighted by atomic mass is 10.1. The van der Waals surface area contributed by atoms with Crippen LogP contribution in [0.15, 0.2) is 34.9 Å². The molecule has 0 aliphatic carbocycles. The quantitative estimate of drug-likeness (QED) is 0.761. The molecule has 0 saturated heterocycles. The van der Waals surface area contributed by atoms with Crippen LogP contribution < -0.4 is 0 Å². The SMILES string of the molecule is OCCOCCc1ccc2occc2c1. The van der Waals surface area contributed by atoms with Gasteiger partial charge in [-0.05, 0) is 30.2 Å². The third kappa shape index (κ3) is 2.58. The normalized spacial score (nSPS) is 11.0. The van der Waals surface area contributed by atoms with Crippen molar-refractivity contribution in [1.82, 2.24) is 0 Å². The van der Waals surface area contributed by atoms with Crippen molar-refractivity contribution in [1.29, 1.82) is 0 Å². The Balaban J connectivity index is 1.96. The van der Waals surface area contributed by atoms with Gasteiger partial charge in [-0.2, -0.15) is 0 Å². The van der Waals surface area contributed by atoms with Gasteiger partial charge in [0.05, 0.1) is 26.1 Å². The van der Waals surface area contributed by atoms with Crippen molar-refractivity contribution in [2.24, 2.45) is 0 Å². The summed E-state index contributed by atoms with van der Waals surface area (Å²) in [5.41, 5.74) is 2.14. The first-order valence-electron chi connectivity index (χ1n) is 5.05. The zero-order valence-corrected chi connectivity index (χ0v) is 8.48. The molecule has 0 bridgehead atoms. The fourth-order valence-electron chi connectivity index (χ4n) is 1.53. The molecular formula is C12H14O3. The predicted molar refractivity (Wildman–Crippen MR) is 57.8 cm³/mol. The highest BCUT2D eigenvalue weighted by atomic mass is 16.5. The first-order chi connectivity index (χ1) is 7.40. The Hall–Kier alpha value is -1.32. The van der Waals surface area contributed by atoms with E-state index in [2.05, 4.69) is 6.07 Å². The molecule has 3 heteroatoms. The van der Waals surface area contributed by atoms with Gasteiger partial charge in [0.1, 0.15) is 5.58 Å². The van der Waals surface area contributed by atoms with Gasteiger partial charge in [-0.25, -0.2) is 0 Å². The Morgan fingerprint density at radius 2 is 2.13 bits per heavy atom. The van der Waals surface area contributed by atoms with Crippen LogP contribution in [0.4, 0.5) is 0 Å². The molecule has 3 nitrogen and oxygen atoms in total. The van der Waals surface area contributed by atoms with Crippen LogP contribution in [0.5, 0.6) is 0 Å². The minimum atomic E-state index is 0.0841. The lowest BCUT2D eigenvalue weighted by Gasteiger charge is -2.02. The molecular weight excluding hydrogens is 192 g/mol. The molecule has 0 amide bonds. The fraction of sp³-hybridized carbons (Fsp3) is 0.333. The molecule has 80 valence electrons. The number of rotatable bonds is 5. The van der Waals surface area contributed by atoms with Crippen molar-refractivity contribution in [2.75, 3.05) is 19.8 Å². The minimum absolute atomic E-state index is 0.0841. The average Bonchev–Trinajstić information content (AvgIpc) is 2.71. The van der Waals surface area contributed by atoms with E-state index < -0.39 is 0 Å². The Kier molecular flexibility index (Phi) is 3.37. The summed E-state index contributed by atoms with van der Waals surface area (Å²) < 4.78 is 10.5. The molecule has 0 unspecified atom stereocenters. The van der Waals surface area contributed by atoms with Gasteiger partial charge >= 0.3 is 0 Å². The van der Waals surface area contributed by atoms with Gasteiger partial charge in [0.15, 0.2) is 0 Å². The number of hydrogen-bond donors (Lipinski definition) is 1. The maximum Gasteiger partial charge on any atom is 0.133 e. The zero-order valence-electron chi connectivity index (χ0n) is 8.48. The van der Waals surface area contributed by atoms with Gasteiger partial charge in [0, 0.05) is 5.39 Å². The van der Waals surface area contributed by atoms with Gasteiger partial charge < -0.3 is 14.3 Å². The summed E-state index contributed by atoms with van der Waals surface area (Å²) in [6, 6.07) is 8.05. The monoisotopic (exact) mass is 206 g/mol. The molecule has 0 atom stereocenters. The largest absolute Gasteiger partial charge is 0.464 e. The van der Waals surface area contributed by atoms with Crippen LogP contribution in [0.3, 0.4) is 0 Å². The van der Waals surface area contributed by atoms with Crippen LogP contribution in [0.25, 0.3) is 11.0 Å². The second kappa shape index (κ2) is 4.96. The van der Waals surface area contributed by atoms with Crippen LogP contribution in [0.1, 0.15) is 5.56 Å². The summed E-state index contributed by atoms with van der Waals surface area (Å²) in [6.45, 7) is 1.14. The van der Waals surface area contributed by atoms with E-state index in [0.717, 1.165) is 17.4 Å². The summed E-state index contributed by atoms with van der Waals surface area (Å²) in [4.78, 5) is 0. The highest BCUT2D eigenvalue weighted by Gasteiger charge is 1.98. The van der Waals surface area contributed by atoms with E-state index in [-0.39, 0.29) is 6.61 Å². The maximum absolute atomic E-state index is 8.54. The van der Waals surface area contributed by atoms with E-state index in [0.29, 0.717) is 13.2 Å². The first kappa shape index (κ1) is 10.2. The molecule has 0 aliphatic heterocycles. The molecule has 2 rings (SSSR count). The van der Waals surface area contributed by atoms with Gasteiger partial charge in [-0.15, -0.1) is 0 Å². The number of benzene rings is 1. The fourth-order valence-corrected chi connectivity index (χ4v) is 1.53. The summed E-state index contributed by atoms with van der Waals surface area (Å²) in [7, 11) is 0. The molecule has 0 radical (unpaired) electrons. The number of aliphatic hydroxyl groups is 1. The first-order valence-corrected chi connectivity index (χ1v) is 5.05. The summed E-state index contributed by atoms with van der Waals surface area (Å²) in [6.07, 6.45) is 2.55. The summed E-state index contributed by atoms with van der Waals surface area (Å²) in [5, 5.41) is 9.66. The number of aliphatic hydroxyl groups excluding tert-OH is 1. The molecule has 0 spiro atoms. The van der Waals surface area contributed by atoms with E-state index >= 15 is 0 Å². The Morgan fingerprint density at radius 3 is 3.00 bits per heavy atom. The Labute approximate surface area is 88.3 Å².